The van der Waals surface area contributed by atoms with Gasteiger partial charge in [-0.05, 0) is 38.8 Å². The third-order valence-corrected chi connectivity index (χ3v) is 6.80. The topological polar surface area (TPSA) is 46.1 Å². The van der Waals surface area contributed by atoms with Gasteiger partial charge in [0.1, 0.15) is 4.88 Å². The normalized spacial score (nSPS) is 16.0. The van der Waals surface area contributed by atoms with Crippen LogP contribution in [0.1, 0.15) is 44.1 Å². The van der Waals surface area contributed by atoms with E-state index in [4.69, 9.17) is 4.98 Å². The first kappa shape index (κ1) is 15.7. The van der Waals surface area contributed by atoms with E-state index >= 15 is 0 Å². The number of aryl methyl sites for hydroxylation is 2. The maximum Gasteiger partial charge on any atom is 0.265 e. The van der Waals surface area contributed by atoms with E-state index in [1.807, 2.05) is 24.8 Å². The number of benzene rings is 1. The van der Waals surface area contributed by atoms with Gasteiger partial charge < -0.3 is 4.90 Å². The number of amides is 1. The van der Waals surface area contributed by atoms with Gasteiger partial charge in [0.2, 0.25) is 0 Å². The summed E-state index contributed by atoms with van der Waals surface area (Å²) in [5.41, 5.74) is 1.95. The largest absolute Gasteiger partial charge is 0.338 e. The summed E-state index contributed by atoms with van der Waals surface area (Å²) in [6.07, 6.45) is 1.98. The maximum absolute atomic E-state index is 12.7. The molecule has 4 rings (SSSR count). The summed E-state index contributed by atoms with van der Waals surface area (Å²) in [5.74, 6) is 0.608. The molecule has 0 N–H and O–H groups in total. The number of para-hydroxylation sites is 1. The Kier molecular flexibility index (Phi) is 4.10. The highest BCUT2D eigenvalue weighted by molar-refractivity contribution is 7.18. The maximum atomic E-state index is 12.7. The first-order chi connectivity index (χ1) is 11.6. The molecule has 0 aliphatic carbocycles. The SMILES string of the molecule is Cc1nc(C)c(C(=O)N2CCC(c3nc4ccccc4s3)CC2)s1. The molecule has 1 saturated heterocycles. The van der Waals surface area contributed by atoms with E-state index in [1.165, 1.54) is 21.0 Å². The van der Waals surface area contributed by atoms with Crippen LogP contribution >= 0.6 is 22.7 Å². The highest BCUT2D eigenvalue weighted by atomic mass is 32.1. The highest BCUT2D eigenvalue weighted by Gasteiger charge is 2.28. The van der Waals surface area contributed by atoms with E-state index in [1.54, 1.807) is 11.3 Å². The summed E-state index contributed by atoms with van der Waals surface area (Å²) in [7, 11) is 0. The van der Waals surface area contributed by atoms with Gasteiger partial charge >= 0.3 is 0 Å². The highest BCUT2D eigenvalue weighted by Crippen LogP contribution is 2.34. The van der Waals surface area contributed by atoms with Crippen molar-refractivity contribution in [2.75, 3.05) is 13.1 Å². The van der Waals surface area contributed by atoms with E-state index in [0.29, 0.717) is 5.92 Å². The van der Waals surface area contributed by atoms with Crippen molar-refractivity contribution in [3.63, 3.8) is 0 Å². The fourth-order valence-electron chi connectivity index (χ4n) is 3.27. The third kappa shape index (κ3) is 2.84. The van der Waals surface area contributed by atoms with Crippen molar-refractivity contribution in [2.45, 2.75) is 32.6 Å². The molecular weight excluding hydrogens is 338 g/mol. The number of carbonyl (C=O) groups excluding carboxylic acids is 1. The van der Waals surface area contributed by atoms with Gasteiger partial charge in [-0.15, -0.1) is 22.7 Å². The molecule has 0 bridgehead atoms. The van der Waals surface area contributed by atoms with Crippen molar-refractivity contribution in [3.8, 4) is 0 Å². The number of likely N-dealkylation sites (tertiary alicyclic amines) is 1. The zero-order valence-electron chi connectivity index (χ0n) is 13.8. The predicted octanol–water partition coefficient (Wildman–Crippen LogP) is 4.39. The summed E-state index contributed by atoms with van der Waals surface area (Å²) in [6, 6.07) is 8.30. The predicted molar refractivity (Wildman–Crippen MR) is 99.1 cm³/mol. The Morgan fingerprint density at radius 1 is 1.12 bits per heavy atom. The number of carbonyl (C=O) groups is 1. The van der Waals surface area contributed by atoms with Crippen molar-refractivity contribution in [1.82, 2.24) is 14.9 Å². The van der Waals surface area contributed by atoms with Gasteiger partial charge in [-0.25, -0.2) is 9.97 Å². The third-order valence-electron chi connectivity index (χ3n) is 4.54. The quantitative estimate of drug-likeness (QED) is 0.683. The lowest BCUT2D eigenvalue weighted by Crippen LogP contribution is -2.37. The van der Waals surface area contributed by atoms with Gasteiger partial charge in [0.25, 0.3) is 5.91 Å². The lowest BCUT2D eigenvalue weighted by atomic mass is 9.97. The number of hydrogen-bond donors (Lipinski definition) is 0. The molecule has 0 atom stereocenters. The van der Waals surface area contributed by atoms with E-state index in [0.717, 1.165) is 47.0 Å². The number of rotatable bonds is 2. The zero-order chi connectivity index (χ0) is 16.7. The summed E-state index contributed by atoms with van der Waals surface area (Å²) >= 11 is 3.30. The van der Waals surface area contributed by atoms with Crippen molar-refractivity contribution in [2.24, 2.45) is 0 Å². The van der Waals surface area contributed by atoms with E-state index in [2.05, 4.69) is 23.2 Å². The van der Waals surface area contributed by atoms with Crippen LogP contribution < -0.4 is 0 Å². The van der Waals surface area contributed by atoms with Gasteiger partial charge in [-0.1, -0.05) is 12.1 Å². The molecule has 2 aromatic heterocycles. The molecular formula is C18H19N3OS2. The van der Waals surface area contributed by atoms with E-state index in [-0.39, 0.29) is 5.91 Å². The first-order valence-corrected chi connectivity index (χ1v) is 9.84. The summed E-state index contributed by atoms with van der Waals surface area (Å²) in [4.78, 5) is 24.6. The van der Waals surface area contributed by atoms with Crippen LogP contribution in [0.3, 0.4) is 0 Å². The second-order valence-corrected chi connectivity index (χ2v) is 8.50. The van der Waals surface area contributed by atoms with Crippen molar-refractivity contribution in [3.05, 3.63) is 44.9 Å². The number of aromatic nitrogens is 2. The van der Waals surface area contributed by atoms with Crippen LogP contribution in [-0.2, 0) is 0 Å². The van der Waals surface area contributed by atoms with Gasteiger partial charge in [0.15, 0.2) is 0 Å². The Morgan fingerprint density at radius 2 is 1.88 bits per heavy atom. The summed E-state index contributed by atoms with van der Waals surface area (Å²) in [6.45, 7) is 5.48. The lowest BCUT2D eigenvalue weighted by molar-refractivity contribution is 0.0717. The smallest absolute Gasteiger partial charge is 0.265 e. The first-order valence-electron chi connectivity index (χ1n) is 8.20. The van der Waals surface area contributed by atoms with Gasteiger partial charge in [0, 0.05) is 19.0 Å². The molecule has 1 aliphatic heterocycles. The molecule has 3 aromatic rings. The van der Waals surface area contributed by atoms with Crippen LogP contribution in [0.15, 0.2) is 24.3 Å². The molecule has 4 nitrogen and oxygen atoms in total. The molecule has 1 amide bonds. The second-order valence-electron chi connectivity index (χ2n) is 6.23. The van der Waals surface area contributed by atoms with Gasteiger partial charge in [-0.2, -0.15) is 0 Å². The molecule has 24 heavy (non-hydrogen) atoms. The fraction of sp³-hybridized carbons (Fsp3) is 0.389. The number of piperidine rings is 1. The number of fused-ring (bicyclic) bond motifs is 1. The number of hydrogen-bond acceptors (Lipinski definition) is 5. The lowest BCUT2D eigenvalue weighted by Gasteiger charge is -2.30. The standard InChI is InChI=1S/C18H19N3OS2/c1-11-16(23-12(2)19-11)18(22)21-9-7-13(8-10-21)17-20-14-5-3-4-6-15(14)24-17/h3-6,13H,7-10H2,1-2H3. The van der Waals surface area contributed by atoms with Crippen LogP contribution in [0.4, 0.5) is 0 Å². The summed E-state index contributed by atoms with van der Waals surface area (Å²) in [5, 5.41) is 2.17. The molecule has 1 aromatic carbocycles. The molecule has 3 heterocycles. The van der Waals surface area contributed by atoms with Crippen LogP contribution in [0.25, 0.3) is 10.2 Å². The molecule has 124 valence electrons. The van der Waals surface area contributed by atoms with Gasteiger partial charge in [-0.3, -0.25) is 4.79 Å². The molecule has 0 spiro atoms. The van der Waals surface area contributed by atoms with Crippen molar-refractivity contribution < 1.29 is 4.79 Å². The Morgan fingerprint density at radius 3 is 2.54 bits per heavy atom. The van der Waals surface area contributed by atoms with E-state index in [9.17, 15) is 4.79 Å². The molecule has 1 aliphatic rings. The average molecular weight is 358 g/mol. The Bertz CT molecular complexity index is 858. The molecule has 6 heteroatoms. The van der Waals surface area contributed by atoms with Crippen molar-refractivity contribution >= 4 is 38.8 Å². The number of nitrogens with zero attached hydrogens (tertiary/aromatic N) is 3. The minimum Gasteiger partial charge on any atom is -0.338 e. The monoisotopic (exact) mass is 357 g/mol. The molecule has 0 unspecified atom stereocenters. The minimum absolute atomic E-state index is 0.140. The summed E-state index contributed by atoms with van der Waals surface area (Å²) < 4.78 is 1.25. The minimum atomic E-state index is 0.140. The van der Waals surface area contributed by atoms with Crippen LogP contribution in [-0.4, -0.2) is 33.9 Å². The van der Waals surface area contributed by atoms with E-state index < -0.39 is 0 Å². The number of thiazole rings is 2. The Labute approximate surface area is 149 Å². The van der Waals surface area contributed by atoms with Crippen molar-refractivity contribution in [1.29, 1.82) is 0 Å². The molecule has 0 radical (unpaired) electrons. The zero-order valence-corrected chi connectivity index (χ0v) is 15.4. The van der Waals surface area contributed by atoms with Crippen LogP contribution in [0.5, 0.6) is 0 Å². The van der Waals surface area contributed by atoms with Crippen LogP contribution in [0.2, 0.25) is 0 Å². The molecule has 1 fully saturated rings. The Hall–Kier alpha value is -1.79. The second kappa shape index (κ2) is 6.26. The molecule has 0 saturated carbocycles. The van der Waals surface area contributed by atoms with Gasteiger partial charge in [0.05, 0.1) is 25.9 Å². The Balaban J connectivity index is 1.46. The average Bonchev–Trinajstić information content (AvgIpc) is 3.17. The fourth-order valence-corrected chi connectivity index (χ4v) is 5.29. The van der Waals surface area contributed by atoms with Crippen LogP contribution in [0, 0.1) is 13.8 Å².